The molecule has 1 aliphatic rings. The van der Waals surface area contributed by atoms with Crippen molar-refractivity contribution in [2.24, 2.45) is 5.10 Å². The first kappa shape index (κ1) is 11.1. The van der Waals surface area contributed by atoms with Crippen LogP contribution in [0, 0.1) is 0 Å². The third-order valence-electron chi connectivity index (χ3n) is 2.33. The molecule has 0 aliphatic carbocycles. The summed E-state index contributed by atoms with van der Waals surface area (Å²) in [6.07, 6.45) is -0.159. The van der Waals surface area contributed by atoms with E-state index in [1.807, 2.05) is 0 Å². The predicted octanol–water partition coefficient (Wildman–Crippen LogP) is 0.836. The van der Waals surface area contributed by atoms with Gasteiger partial charge in [0.2, 0.25) is 0 Å². The van der Waals surface area contributed by atoms with Crippen LogP contribution in [-0.2, 0) is 9.59 Å². The van der Waals surface area contributed by atoms with Gasteiger partial charge in [0.25, 0.3) is 5.91 Å². The van der Waals surface area contributed by atoms with Crippen LogP contribution in [0.5, 0.6) is 0 Å². The SMILES string of the molecule is Nc1ccc(N2N=C(CC(=O)O)CC2=O)cc1. The molecule has 88 valence electrons. The molecule has 1 aromatic rings. The molecule has 2 rings (SSSR count). The number of anilines is 2. The lowest BCUT2D eigenvalue weighted by atomic mass is 10.2. The summed E-state index contributed by atoms with van der Waals surface area (Å²) in [5.41, 5.74) is 7.08. The van der Waals surface area contributed by atoms with Crippen molar-refractivity contribution in [2.75, 3.05) is 10.7 Å². The van der Waals surface area contributed by atoms with Crippen LogP contribution in [0.1, 0.15) is 12.8 Å². The summed E-state index contributed by atoms with van der Waals surface area (Å²) in [5, 5.41) is 13.8. The molecule has 0 unspecified atom stereocenters. The van der Waals surface area contributed by atoms with Crippen molar-refractivity contribution in [3.8, 4) is 0 Å². The first-order chi connectivity index (χ1) is 8.06. The maximum atomic E-state index is 11.6. The predicted molar refractivity (Wildman–Crippen MR) is 62.6 cm³/mol. The van der Waals surface area contributed by atoms with E-state index in [9.17, 15) is 9.59 Å². The van der Waals surface area contributed by atoms with Crippen LogP contribution < -0.4 is 10.7 Å². The Morgan fingerprint density at radius 1 is 1.41 bits per heavy atom. The number of amides is 1. The van der Waals surface area contributed by atoms with Gasteiger partial charge in [0.1, 0.15) is 0 Å². The van der Waals surface area contributed by atoms with Gasteiger partial charge in [-0.2, -0.15) is 5.10 Å². The average Bonchev–Trinajstić information content (AvgIpc) is 2.59. The minimum absolute atomic E-state index is 0.0523. The molecule has 6 nitrogen and oxygen atoms in total. The number of benzene rings is 1. The molecule has 0 fully saturated rings. The van der Waals surface area contributed by atoms with Gasteiger partial charge in [0.05, 0.1) is 24.2 Å². The van der Waals surface area contributed by atoms with Crippen LogP contribution >= 0.6 is 0 Å². The van der Waals surface area contributed by atoms with Gasteiger partial charge in [0.15, 0.2) is 0 Å². The Balaban J connectivity index is 2.21. The summed E-state index contributed by atoms with van der Waals surface area (Å²) >= 11 is 0. The molecular weight excluding hydrogens is 222 g/mol. The van der Waals surface area contributed by atoms with E-state index >= 15 is 0 Å². The van der Waals surface area contributed by atoms with Crippen LogP contribution in [0.15, 0.2) is 29.4 Å². The maximum Gasteiger partial charge on any atom is 0.309 e. The number of nitrogens with two attached hydrogens (primary N) is 1. The van der Waals surface area contributed by atoms with E-state index < -0.39 is 5.97 Å². The number of carboxylic acids is 1. The van der Waals surface area contributed by atoms with E-state index in [4.69, 9.17) is 10.8 Å². The standard InChI is InChI=1S/C11H11N3O3/c12-7-1-3-9(4-2-7)14-10(15)5-8(13-14)6-11(16)17/h1-4H,5-6,12H2,(H,16,17). The van der Waals surface area contributed by atoms with Crippen LogP contribution in [-0.4, -0.2) is 22.7 Å². The van der Waals surface area contributed by atoms with E-state index in [0.29, 0.717) is 17.1 Å². The van der Waals surface area contributed by atoms with Crippen LogP contribution in [0.25, 0.3) is 0 Å². The van der Waals surface area contributed by atoms with Gasteiger partial charge in [-0.15, -0.1) is 0 Å². The Morgan fingerprint density at radius 2 is 2.06 bits per heavy atom. The number of nitrogens with zero attached hydrogens (tertiary/aromatic N) is 2. The van der Waals surface area contributed by atoms with Gasteiger partial charge in [-0.3, -0.25) is 9.59 Å². The van der Waals surface area contributed by atoms with Crippen molar-refractivity contribution in [3.63, 3.8) is 0 Å². The second-order valence-electron chi connectivity index (χ2n) is 3.71. The molecule has 0 saturated carbocycles. The van der Waals surface area contributed by atoms with Crippen molar-refractivity contribution in [1.82, 2.24) is 0 Å². The van der Waals surface area contributed by atoms with Gasteiger partial charge >= 0.3 is 5.97 Å². The summed E-state index contributed by atoms with van der Waals surface area (Å²) in [7, 11) is 0. The zero-order valence-corrected chi connectivity index (χ0v) is 8.96. The van der Waals surface area contributed by atoms with Gasteiger partial charge < -0.3 is 10.8 Å². The van der Waals surface area contributed by atoms with Crippen molar-refractivity contribution in [3.05, 3.63) is 24.3 Å². The largest absolute Gasteiger partial charge is 0.481 e. The third-order valence-corrected chi connectivity index (χ3v) is 2.33. The zero-order chi connectivity index (χ0) is 12.4. The molecule has 0 bridgehead atoms. The summed E-state index contributed by atoms with van der Waals surface area (Å²) in [6.45, 7) is 0. The normalized spacial score (nSPS) is 14.9. The number of carboxylic acid groups (broad SMARTS) is 1. The highest BCUT2D eigenvalue weighted by Crippen LogP contribution is 2.22. The van der Waals surface area contributed by atoms with Gasteiger partial charge in [-0.05, 0) is 24.3 Å². The number of hydrogen-bond acceptors (Lipinski definition) is 4. The van der Waals surface area contributed by atoms with Crippen LogP contribution in [0.2, 0.25) is 0 Å². The fraction of sp³-hybridized carbons (Fsp3) is 0.182. The number of carbonyl (C=O) groups is 2. The molecule has 0 atom stereocenters. The fourth-order valence-electron chi connectivity index (χ4n) is 1.57. The first-order valence-electron chi connectivity index (χ1n) is 5.03. The molecule has 1 heterocycles. The van der Waals surface area contributed by atoms with E-state index in [-0.39, 0.29) is 18.7 Å². The number of aliphatic carboxylic acids is 1. The molecule has 0 radical (unpaired) electrons. The Kier molecular flexibility index (Phi) is 2.78. The summed E-state index contributed by atoms with van der Waals surface area (Å²) < 4.78 is 0. The number of hydrazone groups is 1. The lowest BCUT2D eigenvalue weighted by Crippen LogP contribution is -2.19. The highest BCUT2D eigenvalue weighted by molar-refractivity contribution is 6.16. The molecule has 0 saturated heterocycles. The summed E-state index contributed by atoms with van der Waals surface area (Å²) in [5.74, 6) is -1.22. The highest BCUT2D eigenvalue weighted by Gasteiger charge is 2.26. The second-order valence-corrected chi connectivity index (χ2v) is 3.71. The summed E-state index contributed by atoms with van der Waals surface area (Å²) in [4.78, 5) is 22.2. The van der Waals surface area contributed by atoms with E-state index in [1.54, 1.807) is 24.3 Å². The lowest BCUT2D eigenvalue weighted by molar-refractivity contribution is -0.135. The fourth-order valence-corrected chi connectivity index (χ4v) is 1.57. The molecule has 1 aromatic carbocycles. The minimum atomic E-state index is -0.990. The summed E-state index contributed by atoms with van der Waals surface area (Å²) in [6, 6.07) is 6.65. The van der Waals surface area contributed by atoms with Gasteiger partial charge in [0, 0.05) is 5.69 Å². The minimum Gasteiger partial charge on any atom is -0.481 e. The quantitative estimate of drug-likeness (QED) is 0.756. The molecular formula is C11H11N3O3. The van der Waals surface area contributed by atoms with Crippen molar-refractivity contribution in [2.45, 2.75) is 12.8 Å². The molecule has 0 spiro atoms. The average molecular weight is 233 g/mol. The topological polar surface area (TPSA) is 96.0 Å². The highest BCUT2D eigenvalue weighted by atomic mass is 16.4. The number of carbonyl (C=O) groups excluding carboxylic acids is 1. The van der Waals surface area contributed by atoms with Crippen molar-refractivity contribution in [1.29, 1.82) is 0 Å². The Hall–Kier alpha value is -2.37. The maximum absolute atomic E-state index is 11.6. The smallest absolute Gasteiger partial charge is 0.309 e. The lowest BCUT2D eigenvalue weighted by Gasteiger charge is -2.11. The number of nitrogen functional groups attached to an aromatic ring is 1. The van der Waals surface area contributed by atoms with Crippen LogP contribution in [0.3, 0.4) is 0 Å². The molecule has 3 N–H and O–H groups in total. The van der Waals surface area contributed by atoms with Crippen LogP contribution in [0.4, 0.5) is 11.4 Å². The monoisotopic (exact) mass is 233 g/mol. The molecule has 0 aromatic heterocycles. The molecule has 1 aliphatic heterocycles. The number of rotatable bonds is 3. The Bertz CT molecular complexity index is 493. The second kappa shape index (κ2) is 4.25. The first-order valence-corrected chi connectivity index (χ1v) is 5.03. The van der Waals surface area contributed by atoms with E-state index in [1.165, 1.54) is 5.01 Å². The third kappa shape index (κ3) is 2.41. The molecule has 1 amide bonds. The Morgan fingerprint density at radius 3 is 2.65 bits per heavy atom. The molecule has 6 heteroatoms. The zero-order valence-electron chi connectivity index (χ0n) is 8.96. The Labute approximate surface area is 97.3 Å². The molecule has 17 heavy (non-hydrogen) atoms. The van der Waals surface area contributed by atoms with Crippen molar-refractivity contribution < 1.29 is 14.7 Å². The van der Waals surface area contributed by atoms with Gasteiger partial charge in [-0.25, -0.2) is 5.01 Å². The van der Waals surface area contributed by atoms with E-state index in [0.717, 1.165) is 0 Å². The van der Waals surface area contributed by atoms with Crippen molar-refractivity contribution >= 4 is 29.0 Å². The van der Waals surface area contributed by atoms with Gasteiger partial charge in [-0.1, -0.05) is 0 Å². The van der Waals surface area contributed by atoms with E-state index in [2.05, 4.69) is 5.10 Å². The number of hydrogen-bond donors (Lipinski definition) is 2.